The number of pyridine rings is 1. The number of nitrogens with zero attached hydrogens (tertiary/aromatic N) is 3. The van der Waals surface area contributed by atoms with Gasteiger partial charge in [-0.05, 0) is 123 Å². The number of hydrogen-bond donors (Lipinski definition) is 0. The molecule has 0 bridgehead atoms. The van der Waals surface area contributed by atoms with Gasteiger partial charge in [-0.1, -0.05) is 132 Å². The third-order valence-electron chi connectivity index (χ3n) is 12.6. The molecule has 0 aliphatic heterocycles. The first-order chi connectivity index (χ1) is 27.7. The quantitative estimate of drug-likeness (QED) is 0.153. The van der Waals surface area contributed by atoms with Crippen molar-refractivity contribution in [3.8, 4) is 11.1 Å². The van der Waals surface area contributed by atoms with Crippen molar-refractivity contribution in [2.24, 2.45) is 0 Å². The van der Waals surface area contributed by atoms with Crippen molar-refractivity contribution in [2.75, 3.05) is 4.90 Å². The van der Waals surface area contributed by atoms with Gasteiger partial charge in [0.1, 0.15) is 5.65 Å². The lowest BCUT2D eigenvalue weighted by molar-refractivity contribution is 0.490. The molecule has 278 valence electrons. The highest BCUT2D eigenvalue weighted by Crippen LogP contribution is 2.54. The molecule has 0 radical (unpaired) electrons. The van der Waals surface area contributed by atoms with Gasteiger partial charge in [0.05, 0.1) is 11.0 Å². The van der Waals surface area contributed by atoms with Crippen LogP contribution in [0.3, 0.4) is 0 Å². The van der Waals surface area contributed by atoms with Gasteiger partial charge in [0, 0.05) is 38.6 Å². The van der Waals surface area contributed by atoms with Gasteiger partial charge in [0.15, 0.2) is 0 Å². The highest BCUT2D eigenvalue weighted by Gasteiger charge is 2.41. The number of fused-ring (bicyclic) bond motifs is 7. The number of benzene rings is 7. The van der Waals surface area contributed by atoms with Crippen molar-refractivity contribution < 1.29 is 0 Å². The summed E-state index contributed by atoms with van der Waals surface area (Å²) in [6.45, 7) is 11.3. The van der Waals surface area contributed by atoms with Crippen LogP contribution in [0.15, 0.2) is 150 Å². The largest absolute Gasteiger partial charge is 0.310 e. The molecule has 0 spiro atoms. The summed E-state index contributed by atoms with van der Waals surface area (Å²) in [6, 6.07) is 52.1. The van der Waals surface area contributed by atoms with E-state index >= 15 is 0 Å². The second-order valence-electron chi connectivity index (χ2n) is 16.6. The maximum Gasteiger partial charge on any atom is 0.264 e. The molecule has 0 unspecified atom stereocenters. The molecule has 0 N–H and O–H groups in total. The fraction of sp³-hybridized carbons (Fsp3) is 0.170. The Bertz CT molecular complexity index is 3050. The molecule has 2 aromatic heterocycles. The number of rotatable bonds is 7. The van der Waals surface area contributed by atoms with Gasteiger partial charge in [-0.15, -0.1) is 0 Å². The first-order valence-electron chi connectivity index (χ1n) is 20.2. The second kappa shape index (κ2) is 13.0. The van der Waals surface area contributed by atoms with Crippen LogP contribution in [0.1, 0.15) is 75.3 Å². The zero-order valence-electron chi connectivity index (χ0n) is 33.2. The van der Waals surface area contributed by atoms with E-state index in [1.54, 1.807) is 4.40 Å². The highest BCUT2D eigenvalue weighted by molar-refractivity contribution is 6.17. The first kappa shape index (κ1) is 34.9. The van der Waals surface area contributed by atoms with Crippen LogP contribution in [0, 0.1) is 0 Å². The Morgan fingerprint density at radius 3 is 1.98 bits per heavy atom. The molecule has 1 aliphatic rings. The van der Waals surface area contributed by atoms with Crippen molar-refractivity contribution in [1.82, 2.24) is 9.38 Å². The summed E-state index contributed by atoms with van der Waals surface area (Å²) in [4.78, 5) is 21.6. The Kier molecular flexibility index (Phi) is 7.98. The van der Waals surface area contributed by atoms with E-state index in [-0.39, 0.29) is 16.4 Å². The molecule has 4 nitrogen and oxygen atoms in total. The predicted molar refractivity (Wildman–Crippen MR) is 241 cm³/mol. The molecule has 10 rings (SSSR count). The topological polar surface area (TPSA) is 37.6 Å². The van der Waals surface area contributed by atoms with Gasteiger partial charge in [-0.3, -0.25) is 9.20 Å². The summed E-state index contributed by atoms with van der Waals surface area (Å²) in [6.07, 6.45) is 6.44. The van der Waals surface area contributed by atoms with Crippen molar-refractivity contribution in [1.29, 1.82) is 0 Å². The minimum atomic E-state index is -0.108. The normalized spacial score (nSPS) is 13.6. The third-order valence-corrected chi connectivity index (χ3v) is 12.6. The minimum absolute atomic E-state index is 0.0134. The molecular weight excluding hydrogens is 695 g/mol. The van der Waals surface area contributed by atoms with E-state index in [9.17, 15) is 4.79 Å². The van der Waals surface area contributed by atoms with Gasteiger partial charge in [-0.2, -0.15) is 0 Å². The van der Waals surface area contributed by atoms with Crippen LogP contribution in [-0.2, 0) is 10.8 Å². The lowest BCUT2D eigenvalue weighted by Gasteiger charge is -2.32. The fourth-order valence-corrected chi connectivity index (χ4v) is 9.54. The van der Waals surface area contributed by atoms with Gasteiger partial charge < -0.3 is 4.90 Å². The number of para-hydroxylation sites is 2. The van der Waals surface area contributed by atoms with E-state index in [1.165, 1.54) is 27.8 Å². The molecule has 2 heterocycles. The van der Waals surface area contributed by atoms with E-state index in [2.05, 4.69) is 185 Å². The Labute approximate surface area is 333 Å². The second-order valence-corrected chi connectivity index (χ2v) is 16.6. The molecule has 4 heteroatoms. The molecule has 7 aromatic carbocycles. The fourth-order valence-electron chi connectivity index (χ4n) is 9.54. The van der Waals surface area contributed by atoms with Crippen LogP contribution in [-0.4, -0.2) is 9.38 Å². The van der Waals surface area contributed by atoms with Crippen LogP contribution in [0.4, 0.5) is 17.1 Å². The summed E-state index contributed by atoms with van der Waals surface area (Å²) < 4.78 is 1.80. The summed E-state index contributed by atoms with van der Waals surface area (Å²) >= 11 is 0. The van der Waals surface area contributed by atoms with E-state index < -0.39 is 0 Å². The first-order valence-corrected chi connectivity index (χ1v) is 20.2. The SMILES string of the molecule is CCC1(CC)c2cc(/C=C/c3ccc4c5c3cccc5c(=O)n3c5ccc(C(C)(C)C)cc5nc43)ccc2-c2ccc(N(c3ccccc3)c3ccccc3)cc21. The Morgan fingerprint density at radius 2 is 1.30 bits per heavy atom. The molecule has 0 atom stereocenters. The Morgan fingerprint density at radius 1 is 0.632 bits per heavy atom. The lowest BCUT2D eigenvalue weighted by Crippen LogP contribution is -2.23. The van der Waals surface area contributed by atoms with E-state index in [4.69, 9.17) is 4.98 Å². The van der Waals surface area contributed by atoms with Crippen molar-refractivity contribution in [3.05, 3.63) is 184 Å². The number of aromatic nitrogens is 2. The van der Waals surface area contributed by atoms with Crippen molar-refractivity contribution in [2.45, 2.75) is 58.3 Å². The molecule has 0 amide bonds. The summed E-state index contributed by atoms with van der Waals surface area (Å²) in [5.41, 5.74) is 14.6. The zero-order valence-corrected chi connectivity index (χ0v) is 33.2. The Balaban J connectivity index is 1.05. The molecule has 1 aliphatic carbocycles. The van der Waals surface area contributed by atoms with Crippen molar-refractivity contribution >= 4 is 67.4 Å². The van der Waals surface area contributed by atoms with E-state index in [1.807, 2.05) is 12.1 Å². The van der Waals surface area contributed by atoms with Crippen molar-refractivity contribution in [3.63, 3.8) is 0 Å². The molecular formula is C53H45N3O. The van der Waals surface area contributed by atoms with Gasteiger partial charge in [0.2, 0.25) is 0 Å². The van der Waals surface area contributed by atoms with Crippen LogP contribution >= 0.6 is 0 Å². The maximum absolute atomic E-state index is 14.2. The van der Waals surface area contributed by atoms with Crippen LogP contribution in [0.25, 0.3) is 61.5 Å². The Hall–Kier alpha value is -6.52. The smallest absolute Gasteiger partial charge is 0.264 e. The number of anilines is 3. The molecule has 0 fully saturated rings. The summed E-state index contributed by atoms with van der Waals surface area (Å²) in [7, 11) is 0. The van der Waals surface area contributed by atoms with E-state index in [0.29, 0.717) is 11.0 Å². The molecule has 0 saturated heterocycles. The zero-order chi connectivity index (χ0) is 39.1. The summed E-state index contributed by atoms with van der Waals surface area (Å²) in [5.74, 6) is 0. The number of imidazole rings is 1. The van der Waals surface area contributed by atoms with Crippen LogP contribution < -0.4 is 10.5 Å². The minimum Gasteiger partial charge on any atom is -0.310 e. The van der Waals surface area contributed by atoms with Gasteiger partial charge in [0.25, 0.3) is 5.56 Å². The standard InChI is InChI=1S/C53H45N3O/c1-6-53(7-2)45-31-34(22-27-41(45)42-29-26-39(33-46(42)53)55(37-15-10-8-11-16-37)38-17-12-9-13-18-38)21-23-35-24-28-43-49-40(35)19-14-20-44(49)51(57)56-48-30-25-36(52(3,4)5)32-47(48)54-50(43)56/h8-33H,6-7H2,1-5H3/b23-21+. The molecule has 57 heavy (non-hydrogen) atoms. The highest BCUT2D eigenvalue weighted by atomic mass is 16.1. The number of hydrogen-bond acceptors (Lipinski definition) is 3. The maximum atomic E-state index is 14.2. The van der Waals surface area contributed by atoms with Crippen LogP contribution in [0.5, 0.6) is 0 Å². The average molecular weight is 740 g/mol. The average Bonchev–Trinajstić information content (AvgIpc) is 3.76. The van der Waals surface area contributed by atoms with Gasteiger partial charge in [-0.25, -0.2) is 4.98 Å². The molecule has 0 saturated carbocycles. The van der Waals surface area contributed by atoms with E-state index in [0.717, 1.165) is 68.2 Å². The monoisotopic (exact) mass is 739 g/mol. The van der Waals surface area contributed by atoms with Gasteiger partial charge >= 0.3 is 0 Å². The summed E-state index contributed by atoms with van der Waals surface area (Å²) in [5, 5.41) is 3.74. The molecule has 9 aromatic rings. The predicted octanol–water partition coefficient (Wildman–Crippen LogP) is 13.6. The van der Waals surface area contributed by atoms with Crippen LogP contribution in [0.2, 0.25) is 0 Å². The third kappa shape index (κ3) is 5.34. The lowest BCUT2D eigenvalue weighted by atomic mass is 9.73.